The van der Waals surface area contributed by atoms with Crippen LogP contribution in [0.25, 0.3) is 0 Å². The molecule has 0 aliphatic carbocycles. The molecule has 0 unspecified atom stereocenters. The van der Waals surface area contributed by atoms with Crippen LogP contribution >= 0.6 is 11.6 Å². The Morgan fingerprint density at radius 3 is 2.52 bits per heavy atom. The first-order valence-corrected chi connectivity index (χ1v) is 10.2. The Balaban J connectivity index is 1.78. The molecule has 2 amide bonds. The Morgan fingerprint density at radius 1 is 1.11 bits per heavy atom. The Hall–Kier alpha value is -2.58. The number of anilines is 3. The van der Waals surface area contributed by atoms with Gasteiger partial charge in [-0.3, -0.25) is 13.9 Å². The van der Waals surface area contributed by atoms with Crippen LogP contribution in [0.3, 0.4) is 0 Å². The van der Waals surface area contributed by atoms with Gasteiger partial charge in [-0.1, -0.05) is 17.7 Å². The van der Waals surface area contributed by atoms with Crippen LogP contribution < -0.4 is 14.9 Å². The van der Waals surface area contributed by atoms with Crippen molar-refractivity contribution < 1.29 is 18.0 Å². The van der Waals surface area contributed by atoms with E-state index in [9.17, 15) is 18.0 Å². The molecule has 2 aromatic rings. The van der Waals surface area contributed by atoms with Crippen molar-refractivity contribution in [2.45, 2.75) is 13.3 Å². The van der Waals surface area contributed by atoms with E-state index in [1.165, 1.54) is 17.3 Å². The molecule has 0 radical (unpaired) electrons. The SMILES string of the molecule is CC(=O)Nc1ccc(NC(=O)c2cccc(N3CCCS3(=O)=O)c2)cc1Cl. The quantitative estimate of drug-likeness (QED) is 0.814. The number of nitrogens with one attached hydrogen (secondary N) is 2. The Labute approximate surface area is 162 Å². The number of carbonyl (C=O) groups is 2. The molecule has 1 heterocycles. The zero-order valence-electron chi connectivity index (χ0n) is 14.5. The second kappa shape index (κ2) is 7.58. The molecule has 1 saturated heterocycles. The van der Waals surface area contributed by atoms with Gasteiger partial charge in [0.2, 0.25) is 15.9 Å². The van der Waals surface area contributed by atoms with Crippen LogP contribution in [0.15, 0.2) is 42.5 Å². The summed E-state index contributed by atoms with van der Waals surface area (Å²) < 4.78 is 25.4. The van der Waals surface area contributed by atoms with Crippen molar-refractivity contribution in [3.63, 3.8) is 0 Å². The van der Waals surface area contributed by atoms with Gasteiger partial charge in [-0.15, -0.1) is 0 Å². The lowest BCUT2D eigenvalue weighted by Gasteiger charge is -2.17. The molecular weight excluding hydrogens is 390 g/mol. The number of carbonyl (C=O) groups excluding carboxylic acids is 2. The van der Waals surface area contributed by atoms with E-state index < -0.39 is 15.9 Å². The molecule has 7 nitrogen and oxygen atoms in total. The number of sulfonamides is 1. The first-order valence-electron chi connectivity index (χ1n) is 8.25. The van der Waals surface area contributed by atoms with Gasteiger partial charge >= 0.3 is 0 Å². The smallest absolute Gasteiger partial charge is 0.255 e. The first-order chi connectivity index (χ1) is 12.8. The molecule has 142 valence electrons. The average molecular weight is 408 g/mol. The summed E-state index contributed by atoms with van der Waals surface area (Å²) in [6, 6.07) is 11.2. The highest BCUT2D eigenvalue weighted by atomic mass is 35.5. The molecule has 3 rings (SSSR count). The number of benzene rings is 2. The maximum Gasteiger partial charge on any atom is 0.255 e. The minimum atomic E-state index is -3.31. The molecule has 27 heavy (non-hydrogen) atoms. The summed E-state index contributed by atoms with van der Waals surface area (Å²) in [5.41, 5.74) is 1.71. The fourth-order valence-corrected chi connectivity index (χ4v) is 4.60. The molecule has 1 fully saturated rings. The number of rotatable bonds is 4. The third kappa shape index (κ3) is 4.40. The Morgan fingerprint density at radius 2 is 1.89 bits per heavy atom. The van der Waals surface area contributed by atoms with Gasteiger partial charge in [0.15, 0.2) is 0 Å². The third-order valence-corrected chi connectivity index (χ3v) is 6.22. The standard InChI is InChI=1S/C18H18ClN3O4S/c1-12(23)20-17-7-6-14(11-16(17)19)21-18(24)13-4-2-5-15(10-13)22-8-3-9-27(22,25)26/h2,4-7,10-11H,3,8-9H2,1H3,(H,20,23)(H,21,24). The van der Waals surface area contributed by atoms with E-state index in [-0.39, 0.29) is 11.7 Å². The molecule has 1 aliphatic rings. The third-order valence-electron chi connectivity index (χ3n) is 4.03. The zero-order chi connectivity index (χ0) is 19.6. The molecule has 0 atom stereocenters. The van der Waals surface area contributed by atoms with Crippen molar-refractivity contribution in [3.8, 4) is 0 Å². The Bertz CT molecular complexity index is 1010. The summed E-state index contributed by atoms with van der Waals surface area (Å²) in [5, 5.41) is 5.59. The summed E-state index contributed by atoms with van der Waals surface area (Å²) in [7, 11) is -3.31. The number of halogens is 1. The lowest BCUT2D eigenvalue weighted by Crippen LogP contribution is -2.25. The first kappa shape index (κ1) is 19.2. The minimum Gasteiger partial charge on any atom is -0.325 e. The fraction of sp³-hybridized carbons (Fsp3) is 0.222. The summed E-state index contributed by atoms with van der Waals surface area (Å²) in [4.78, 5) is 23.6. The van der Waals surface area contributed by atoms with E-state index in [0.29, 0.717) is 40.6 Å². The van der Waals surface area contributed by atoms with Crippen LogP contribution in [-0.4, -0.2) is 32.5 Å². The topological polar surface area (TPSA) is 95.6 Å². The highest BCUT2D eigenvalue weighted by molar-refractivity contribution is 7.93. The highest BCUT2D eigenvalue weighted by Gasteiger charge is 2.28. The van der Waals surface area contributed by atoms with Gasteiger partial charge in [0, 0.05) is 24.7 Å². The predicted molar refractivity (Wildman–Crippen MR) is 106 cm³/mol. The average Bonchev–Trinajstić information content (AvgIpc) is 2.96. The van der Waals surface area contributed by atoms with Crippen LogP contribution in [0.1, 0.15) is 23.7 Å². The molecule has 0 saturated carbocycles. The van der Waals surface area contributed by atoms with Crippen LogP contribution in [-0.2, 0) is 14.8 Å². The number of hydrogen-bond acceptors (Lipinski definition) is 4. The van der Waals surface area contributed by atoms with Gasteiger partial charge < -0.3 is 10.6 Å². The van der Waals surface area contributed by atoms with Gasteiger partial charge in [0.05, 0.1) is 22.2 Å². The van der Waals surface area contributed by atoms with Crippen molar-refractivity contribution in [2.75, 3.05) is 27.2 Å². The second-order valence-electron chi connectivity index (χ2n) is 6.12. The van der Waals surface area contributed by atoms with Crippen LogP contribution in [0, 0.1) is 0 Å². The molecule has 0 aromatic heterocycles. The van der Waals surface area contributed by atoms with Gasteiger partial charge in [0.25, 0.3) is 5.91 Å². The number of amides is 2. The highest BCUT2D eigenvalue weighted by Crippen LogP contribution is 2.27. The lowest BCUT2D eigenvalue weighted by atomic mass is 10.1. The number of hydrogen-bond donors (Lipinski definition) is 2. The van der Waals surface area contributed by atoms with Gasteiger partial charge in [-0.05, 0) is 42.8 Å². The monoisotopic (exact) mass is 407 g/mol. The van der Waals surface area contributed by atoms with E-state index >= 15 is 0 Å². The van der Waals surface area contributed by atoms with E-state index in [1.54, 1.807) is 36.4 Å². The molecule has 9 heteroatoms. The lowest BCUT2D eigenvalue weighted by molar-refractivity contribution is -0.114. The molecule has 0 spiro atoms. The summed E-state index contributed by atoms with van der Waals surface area (Å²) in [5.74, 6) is -0.526. The van der Waals surface area contributed by atoms with Crippen LogP contribution in [0.5, 0.6) is 0 Å². The summed E-state index contributed by atoms with van der Waals surface area (Å²) in [6.45, 7) is 1.78. The molecule has 2 aromatic carbocycles. The maximum absolute atomic E-state index is 12.5. The van der Waals surface area contributed by atoms with Crippen molar-refractivity contribution >= 4 is 50.5 Å². The van der Waals surface area contributed by atoms with Crippen molar-refractivity contribution in [3.05, 3.63) is 53.1 Å². The number of nitrogens with zero attached hydrogens (tertiary/aromatic N) is 1. The normalized spacial score (nSPS) is 15.4. The van der Waals surface area contributed by atoms with Gasteiger partial charge in [-0.25, -0.2) is 8.42 Å². The molecule has 2 N–H and O–H groups in total. The van der Waals surface area contributed by atoms with Crippen molar-refractivity contribution in [1.82, 2.24) is 0 Å². The Kier molecular flexibility index (Phi) is 5.38. The van der Waals surface area contributed by atoms with Crippen molar-refractivity contribution in [2.24, 2.45) is 0 Å². The van der Waals surface area contributed by atoms with Gasteiger partial charge in [-0.2, -0.15) is 0 Å². The molecule has 0 bridgehead atoms. The zero-order valence-corrected chi connectivity index (χ0v) is 16.1. The largest absolute Gasteiger partial charge is 0.325 e. The summed E-state index contributed by atoms with van der Waals surface area (Å²) >= 11 is 6.11. The maximum atomic E-state index is 12.5. The van der Waals surface area contributed by atoms with E-state index in [4.69, 9.17) is 11.6 Å². The van der Waals surface area contributed by atoms with Crippen LogP contribution in [0.4, 0.5) is 17.1 Å². The minimum absolute atomic E-state index is 0.114. The van der Waals surface area contributed by atoms with E-state index in [1.807, 2.05) is 0 Å². The van der Waals surface area contributed by atoms with E-state index in [2.05, 4.69) is 10.6 Å². The van der Waals surface area contributed by atoms with Crippen LogP contribution in [0.2, 0.25) is 5.02 Å². The van der Waals surface area contributed by atoms with Crippen molar-refractivity contribution in [1.29, 1.82) is 0 Å². The molecular formula is C18H18ClN3O4S. The van der Waals surface area contributed by atoms with E-state index in [0.717, 1.165) is 0 Å². The predicted octanol–water partition coefficient (Wildman–Crippen LogP) is 3.09. The summed E-state index contributed by atoms with van der Waals surface area (Å²) in [6.07, 6.45) is 0.567. The van der Waals surface area contributed by atoms with Gasteiger partial charge in [0.1, 0.15) is 0 Å². The second-order valence-corrected chi connectivity index (χ2v) is 8.54. The fourth-order valence-electron chi connectivity index (χ4n) is 2.82. The molecule has 1 aliphatic heterocycles.